The minimum absolute atomic E-state index is 0.00497. The van der Waals surface area contributed by atoms with E-state index in [0.29, 0.717) is 54.8 Å². The van der Waals surface area contributed by atoms with Gasteiger partial charge in [0, 0.05) is 43.9 Å². The summed E-state index contributed by atoms with van der Waals surface area (Å²) < 4.78 is 10.5. The molecule has 0 saturated carbocycles. The fourth-order valence-electron chi connectivity index (χ4n) is 3.62. The molecule has 8 nitrogen and oxygen atoms in total. The lowest BCUT2D eigenvalue weighted by molar-refractivity contribution is 0.0790. The van der Waals surface area contributed by atoms with Crippen molar-refractivity contribution >= 4 is 5.91 Å². The van der Waals surface area contributed by atoms with E-state index in [-0.39, 0.29) is 17.4 Å². The Labute approximate surface area is 179 Å². The average molecular weight is 420 g/mol. The van der Waals surface area contributed by atoms with Crippen LogP contribution in [0.5, 0.6) is 5.75 Å². The van der Waals surface area contributed by atoms with E-state index >= 15 is 0 Å². The van der Waals surface area contributed by atoms with E-state index in [0.717, 1.165) is 6.42 Å². The van der Waals surface area contributed by atoms with Gasteiger partial charge in [0.1, 0.15) is 18.1 Å². The van der Waals surface area contributed by atoms with Gasteiger partial charge in [-0.05, 0) is 42.8 Å². The lowest BCUT2D eigenvalue weighted by Gasteiger charge is -2.17. The van der Waals surface area contributed by atoms with E-state index in [1.165, 1.54) is 6.07 Å². The van der Waals surface area contributed by atoms with Crippen molar-refractivity contribution in [1.82, 2.24) is 19.9 Å². The number of carbonyl (C=O) groups excluding carboxylic acids is 1. The number of pyridine rings is 1. The Kier molecular flexibility index (Phi) is 6.37. The van der Waals surface area contributed by atoms with Crippen molar-refractivity contribution in [2.75, 3.05) is 33.4 Å². The molecule has 160 valence electrons. The van der Waals surface area contributed by atoms with Gasteiger partial charge in [0.05, 0.1) is 12.3 Å². The van der Waals surface area contributed by atoms with Gasteiger partial charge < -0.3 is 19.4 Å². The Morgan fingerprint density at radius 1 is 1.19 bits per heavy atom. The van der Waals surface area contributed by atoms with Crippen LogP contribution < -0.4 is 10.3 Å². The molecular formula is C23H24N4O4. The number of hydrogen-bond donors (Lipinski definition) is 1. The molecule has 2 aromatic heterocycles. The van der Waals surface area contributed by atoms with E-state index in [9.17, 15) is 9.59 Å². The number of nitrogens with zero attached hydrogens (tertiary/aromatic N) is 3. The van der Waals surface area contributed by atoms with Crippen molar-refractivity contribution in [2.45, 2.75) is 12.3 Å². The van der Waals surface area contributed by atoms with Gasteiger partial charge in [0.15, 0.2) is 5.82 Å². The summed E-state index contributed by atoms with van der Waals surface area (Å²) in [5, 5.41) is 0. The molecule has 0 unspecified atom stereocenters. The van der Waals surface area contributed by atoms with Gasteiger partial charge >= 0.3 is 0 Å². The molecule has 1 aliphatic rings. The zero-order valence-corrected chi connectivity index (χ0v) is 17.3. The standard InChI is InChI=1S/C23H24N4O4/c1-30-12-13-31-18-7-5-16(6-8-18)23(29)27-11-9-17(15-27)20-14-21(28)26-22(25-20)19-4-2-3-10-24-19/h2-8,10,14,17H,9,11-13,15H2,1H3,(H,25,26,28)/t17-/m1/s1. The van der Waals surface area contributed by atoms with Crippen molar-refractivity contribution in [3.63, 3.8) is 0 Å². The van der Waals surface area contributed by atoms with Crippen LogP contribution in [0.2, 0.25) is 0 Å². The van der Waals surface area contributed by atoms with Crippen LogP contribution in [-0.2, 0) is 4.74 Å². The quantitative estimate of drug-likeness (QED) is 0.590. The second-order valence-corrected chi connectivity index (χ2v) is 7.34. The summed E-state index contributed by atoms with van der Waals surface area (Å²) in [5.41, 5.74) is 1.68. The molecule has 1 aliphatic heterocycles. The summed E-state index contributed by atoms with van der Waals surface area (Å²) in [6, 6.07) is 14.1. The highest BCUT2D eigenvalue weighted by molar-refractivity contribution is 5.94. The van der Waals surface area contributed by atoms with Gasteiger partial charge in [-0.15, -0.1) is 0 Å². The van der Waals surface area contributed by atoms with Gasteiger partial charge in [-0.1, -0.05) is 6.07 Å². The molecule has 0 spiro atoms. The molecular weight excluding hydrogens is 396 g/mol. The number of rotatable bonds is 7. The summed E-state index contributed by atoms with van der Waals surface area (Å²) in [6.07, 6.45) is 2.41. The fraction of sp³-hybridized carbons (Fsp3) is 0.304. The summed E-state index contributed by atoms with van der Waals surface area (Å²) in [4.78, 5) is 38.5. The van der Waals surface area contributed by atoms with Crippen LogP contribution in [0.3, 0.4) is 0 Å². The third-order valence-corrected chi connectivity index (χ3v) is 5.22. The maximum Gasteiger partial charge on any atom is 0.253 e. The molecule has 3 heterocycles. The smallest absolute Gasteiger partial charge is 0.253 e. The maximum absolute atomic E-state index is 12.9. The van der Waals surface area contributed by atoms with E-state index in [4.69, 9.17) is 9.47 Å². The first kappa shape index (κ1) is 20.7. The van der Waals surface area contributed by atoms with Crippen LogP contribution in [0.4, 0.5) is 0 Å². The maximum atomic E-state index is 12.9. The van der Waals surface area contributed by atoms with Crippen LogP contribution in [0.1, 0.15) is 28.4 Å². The summed E-state index contributed by atoms with van der Waals surface area (Å²) in [6.45, 7) is 2.10. The third kappa shape index (κ3) is 4.97. The molecule has 8 heteroatoms. The zero-order valence-electron chi connectivity index (χ0n) is 17.3. The minimum Gasteiger partial charge on any atom is -0.491 e. The predicted octanol–water partition coefficient (Wildman–Crippen LogP) is 2.49. The van der Waals surface area contributed by atoms with Crippen LogP contribution >= 0.6 is 0 Å². The second-order valence-electron chi connectivity index (χ2n) is 7.34. The van der Waals surface area contributed by atoms with Crippen molar-refractivity contribution < 1.29 is 14.3 Å². The van der Waals surface area contributed by atoms with Crippen LogP contribution in [0.25, 0.3) is 11.5 Å². The number of methoxy groups -OCH3 is 1. The average Bonchev–Trinajstić information content (AvgIpc) is 3.30. The fourth-order valence-corrected chi connectivity index (χ4v) is 3.62. The van der Waals surface area contributed by atoms with Gasteiger partial charge in [-0.3, -0.25) is 14.6 Å². The van der Waals surface area contributed by atoms with Crippen LogP contribution in [-0.4, -0.2) is 59.2 Å². The molecule has 31 heavy (non-hydrogen) atoms. The predicted molar refractivity (Wildman–Crippen MR) is 115 cm³/mol. The summed E-state index contributed by atoms with van der Waals surface area (Å²) >= 11 is 0. The zero-order chi connectivity index (χ0) is 21.6. The molecule has 4 rings (SSSR count). The number of aromatic nitrogens is 3. The van der Waals surface area contributed by atoms with E-state index in [1.54, 1.807) is 48.5 Å². The molecule has 0 bridgehead atoms. The van der Waals surface area contributed by atoms with E-state index < -0.39 is 0 Å². The first-order valence-electron chi connectivity index (χ1n) is 10.2. The summed E-state index contributed by atoms with van der Waals surface area (Å²) in [7, 11) is 1.62. The highest BCUT2D eigenvalue weighted by Gasteiger charge is 2.29. The number of aromatic amines is 1. The number of benzene rings is 1. The highest BCUT2D eigenvalue weighted by Crippen LogP contribution is 2.27. The van der Waals surface area contributed by atoms with Gasteiger partial charge in [-0.2, -0.15) is 0 Å². The Morgan fingerprint density at radius 3 is 2.77 bits per heavy atom. The molecule has 1 fully saturated rings. The van der Waals surface area contributed by atoms with Crippen molar-refractivity contribution in [3.8, 4) is 17.3 Å². The number of likely N-dealkylation sites (tertiary alicyclic amines) is 1. The number of H-pyrrole nitrogens is 1. The molecule has 1 N–H and O–H groups in total. The van der Waals surface area contributed by atoms with E-state index in [1.807, 2.05) is 12.1 Å². The Hall–Kier alpha value is -3.52. The molecule has 0 aliphatic carbocycles. The molecule has 1 atom stereocenters. The Bertz CT molecular complexity index is 1080. The first-order valence-corrected chi connectivity index (χ1v) is 10.2. The Morgan fingerprint density at radius 2 is 2.03 bits per heavy atom. The SMILES string of the molecule is COCCOc1ccc(C(=O)N2CC[C@@H](c3cc(=O)[nH]c(-c4ccccn4)n3)C2)cc1. The number of ether oxygens (including phenoxy) is 2. The normalized spacial score (nSPS) is 15.8. The topological polar surface area (TPSA) is 97.4 Å². The molecule has 1 saturated heterocycles. The third-order valence-electron chi connectivity index (χ3n) is 5.22. The van der Waals surface area contributed by atoms with Gasteiger partial charge in [-0.25, -0.2) is 4.98 Å². The number of nitrogens with one attached hydrogen (secondary N) is 1. The second kappa shape index (κ2) is 9.53. The first-order chi connectivity index (χ1) is 15.1. The van der Waals surface area contributed by atoms with Crippen molar-refractivity contribution in [1.29, 1.82) is 0 Å². The number of carbonyl (C=O) groups is 1. The lowest BCUT2D eigenvalue weighted by Crippen LogP contribution is -2.28. The molecule has 3 aromatic rings. The van der Waals surface area contributed by atoms with Crippen LogP contribution in [0, 0.1) is 0 Å². The summed E-state index contributed by atoms with van der Waals surface area (Å²) in [5.74, 6) is 1.10. The Balaban J connectivity index is 1.44. The minimum atomic E-state index is -0.223. The van der Waals surface area contributed by atoms with Crippen LogP contribution in [0.15, 0.2) is 59.5 Å². The van der Waals surface area contributed by atoms with Crippen molar-refractivity contribution in [2.24, 2.45) is 0 Å². The van der Waals surface area contributed by atoms with E-state index in [2.05, 4.69) is 15.0 Å². The number of amides is 1. The van der Waals surface area contributed by atoms with Gasteiger partial charge in [0.25, 0.3) is 11.5 Å². The molecule has 1 aromatic carbocycles. The van der Waals surface area contributed by atoms with Gasteiger partial charge in [0.2, 0.25) is 0 Å². The highest BCUT2D eigenvalue weighted by atomic mass is 16.5. The molecule has 1 amide bonds. The molecule has 0 radical (unpaired) electrons. The number of hydrogen-bond acceptors (Lipinski definition) is 6. The largest absolute Gasteiger partial charge is 0.491 e. The lowest BCUT2D eigenvalue weighted by atomic mass is 10.0. The van der Waals surface area contributed by atoms with Crippen molar-refractivity contribution in [3.05, 3.63) is 76.3 Å². The monoisotopic (exact) mass is 420 g/mol.